The van der Waals surface area contributed by atoms with Crippen LogP contribution < -0.4 is 5.32 Å². The van der Waals surface area contributed by atoms with Crippen molar-refractivity contribution >= 4 is 5.82 Å². The Balaban J connectivity index is 2.37. The molecule has 4 heteroatoms. The topological polar surface area (TPSA) is 37.8 Å². The molecule has 1 aromatic carbocycles. The second kappa shape index (κ2) is 5.39. The van der Waals surface area contributed by atoms with E-state index >= 15 is 0 Å². The molecule has 88 valence electrons. The summed E-state index contributed by atoms with van der Waals surface area (Å²) in [5.41, 5.74) is 1.41. The van der Waals surface area contributed by atoms with E-state index in [0.717, 1.165) is 18.5 Å². The molecule has 0 fully saturated rings. The van der Waals surface area contributed by atoms with E-state index in [2.05, 4.69) is 22.2 Å². The maximum Gasteiger partial charge on any atom is 0.152 e. The van der Waals surface area contributed by atoms with Gasteiger partial charge in [0, 0.05) is 24.5 Å². The lowest BCUT2D eigenvalue weighted by atomic mass is 10.1. The molecule has 0 amide bonds. The average molecular weight is 231 g/mol. The molecule has 1 heterocycles. The summed E-state index contributed by atoms with van der Waals surface area (Å²) in [6, 6.07) is 6.37. The van der Waals surface area contributed by atoms with Crippen LogP contribution in [0.1, 0.15) is 13.3 Å². The number of halogens is 1. The van der Waals surface area contributed by atoms with Crippen molar-refractivity contribution < 1.29 is 4.39 Å². The lowest BCUT2D eigenvalue weighted by Gasteiger charge is -2.08. The summed E-state index contributed by atoms with van der Waals surface area (Å²) in [6.45, 7) is 2.90. The SMILES string of the molecule is CCCNc1nccnc1-c1cccc(F)c1. The van der Waals surface area contributed by atoms with Gasteiger partial charge in [-0.2, -0.15) is 0 Å². The van der Waals surface area contributed by atoms with Crippen LogP contribution in [-0.2, 0) is 0 Å². The Labute approximate surface area is 99.7 Å². The van der Waals surface area contributed by atoms with Gasteiger partial charge in [0.15, 0.2) is 5.82 Å². The summed E-state index contributed by atoms with van der Waals surface area (Å²) >= 11 is 0. The van der Waals surface area contributed by atoms with Crippen LogP contribution in [0.2, 0.25) is 0 Å². The van der Waals surface area contributed by atoms with E-state index in [1.807, 2.05) is 6.07 Å². The van der Waals surface area contributed by atoms with Gasteiger partial charge in [-0.15, -0.1) is 0 Å². The van der Waals surface area contributed by atoms with E-state index < -0.39 is 0 Å². The first-order valence-electron chi connectivity index (χ1n) is 5.62. The van der Waals surface area contributed by atoms with Crippen molar-refractivity contribution in [3.8, 4) is 11.3 Å². The second-order valence-corrected chi connectivity index (χ2v) is 3.69. The molecule has 0 atom stereocenters. The third-order valence-corrected chi connectivity index (χ3v) is 2.34. The summed E-state index contributed by atoms with van der Waals surface area (Å²) in [5.74, 6) is 0.426. The van der Waals surface area contributed by atoms with E-state index in [1.54, 1.807) is 18.5 Å². The number of hydrogen-bond acceptors (Lipinski definition) is 3. The minimum Gasteiger partial charge on any atom is -0.368 e. The van der Waals surface area contributed by atoms with Crippen molar-refractivity contribution in [3.63, 3.8) is 0 Å². The Kier molecular flexibility index (Phi) is 3.65. The number of nitrogens with one attached hydrogen (secondary N) is 1. The highest BCUT2D eigenvalue weighted by Gasteiger charge is 2.07. The minimum atomic E-state index is -0.269. The molecule has 0 saturated carbocycles. The van der Waals surface area contributed by atoms with Crippen LogP contribution in [-0.4, -0.2) is 16.5 Å². The fourth-order valence-corrected chi connectivity index (χ4v) is 1.56. The van der Waals surface area contributed by atoms with Crippen molar-refractivity contribution in [3.05, 3.63) is 42.5 Å². The third kappa shape index (κ3) is 2.78. The second-order valence-electron chi connectivity index (χ2n) is 3.69. The highest BCUT2D eigenvalue weighted by atomic mass is 19.1. The predicted octanol–water partition coefficient (Wildman–Crippen LogP) is 3.10. The zero-order chi connectivity index (χ0) is 12.1. The lowest BCUT2D eigenvalue weighted by Crippen LogP contribution is -2.04. The van der Waals surface area contributed by atoms with Crippen LogP contribution in [0, 0.1) is 5.82 Å². The Morgan fingerprint density at radius 1 is 1.24 bits per heavy atom. The van der Waals surface area contributed by atoms with Crippen LogP contribution in [0.25, 0.3) is 11.3 Å². The van der Waals surface area contributed by atoms with Gasteiger partial charge >= 0.3 is 0 Å². The molecule has 0 saturated heterocycles. The fraction of sp³-hybridized carbons (Fsp3) is 0.231. The van der Waals surface area contributed by atoms with E-state index in [1.165, 1.54) is 12.1 Å². The molecular formula is C13H14FN3. The molecule has 3 nitrogen and oxygen atoms in total. The van der Waals surface area contributed by atoms with Gasteiger partial charge in [0.05, 0.1) is 0 Å². The van der Waals surface area contributed by atoms with Crippen LogP contribution in [0.15, 0.2) is 36.7 Å². The van der Waals surface area contributed by atoms with Crippen molar-refractivity contribution in [2.75, 3.05) is 11.9 Å². The van der Waals surface area contributed by atoms with Gasteiger partial charge in [0.1, 0.15) is 11.5 Å². The van der Waals surface area contributed by atoms with Crippen molar-refractivity contribution in [1.82, 2.24) is 9.97 Å². The van der Waals surface area contributed by atoms with Gasteiger partial charge in [-0.3, -0.25) is 4.98 Å². The highest BCUT2D eigenvalue weighted by molar-refractivity contribution is 5.70. The van der Waals surface area contributed by atoms with Crippen molar-refractivity contribution in [2.45, 2.75) is 13.3 Å². The summed E-state index contributed by atoms with van der Waals surface area (Å²) in [6.07, 6.45) is 4.23. The van der Waals surface area contributed by atoms with Crippen LogP contribution in [0.5, 0.6) is 0 Å². The first-order chi connectivity index (χ1) is 8.31. The van der Waals surface area contributed by atoms with E-state index in [9.17, 15) is 4.39 Å². The fourth-order valence-electron chi connectivity index (χ4n) is 1.56. The van der Waals surface area contributed by atoms with Gasteiger partial charge in [-0.05, 0) is 18.6 Å². The molecule has 0 radical (unpaired) electrons. The average Bonchev–Trinajstić information content (AvgIpc) is 2.37. The summed E-state index contributed by atoms with van der Waals surface area (Å²) in [7, 11) is 0. The number of rotatable bonds is 4. The summed E-state index contributed by atoms with van der Waals surface area (Å²) in [4.78, 5) is 8.48. The summed E-state index contributed by atoms with van der Waals surface area (Å²) < 4.78 is 13.2. The number of hydrogen-bond donors (Lipinski definition) is 1. The molecule has 0 bridgehead atoms. The molecular weight excluding hydrogens is 217 g/mol. The molecule has 2 rings (SSSR count). The maximum absolute atomic E-state index is 13.2. The molecule has 1 aromatic heterocycles. The van der Waals surface area contributed by atoms with Gasteiger partial charge in [0.2, 0.25) is 0 Å². The van der Waals surface area contributed by atoms with Gasteiger partial charge in [-0.25, -0.2) is 9.37 Å². The smallest absolute Gasteiger partial charge is 0.152 e. The maximum atomic E-state index is 13.2. The predicted molar refractivity (Wildman–Crippen MR) is 66.2 cm³/mol. The number of anilines is 1. The molecule has 0 aliphatic rings. The molecule has 0 spiro atoms. The van der Waals surface area contributed by atoms with E-state index in [4.69, 9.17) is 0 Å². The quantitative estimate of drug-likeness (QED) is 0.878. The number of nitrogens with zero attached hydrogens (tertiary/aromatic N) is 2. The number of aromatic nitrogens is 2. The highest BCUT2D eigenvalue weighted by Crippen LogP contribution is 2.23. The van der Waals surface area contributed by atoms with E-state index in [-0.39, 0.29) is 5.82 Å². The van der Waals surface area contributed by atoms with Crippen molar-refractivity contribution in [2.24, 2.45) is 0 Å². The monoisotopic (exact) mass is 231 g/mol. The molecule has 17 heavy (non-hydrogen) atoms. The largest absolute Gasteiger partial charge is 0.368 e. The van der Waals surface area contributed by atoms with Crippen LogP contribution in [0.3, 0.4) is 0 Å². The van der Waals surface area contributed by atoms with Crippen LogP contribution in [0.4, 0.5) is 10.2 Å². The zero-order valence-corrected chi connectivity index (χ0v) is 9.65. The Morgan fingerprint density at radius 2 is 2.06 bits per heavy atom. The molecule has 1 N–H and O–H groups in total. The van der Waals surface area contributed by atoms with Crippen molar-refractivity contribution in [1.29, 1.82) is 0 Å². The Hall–Kier alpha value is -1.97. The van der Waals surface area contributed by atoms with Crippen LogP contribution >= 0.6 is 0 Å². The molecule has 0 unspecified atom stereocenters. The Bertz CT molecular complexity index is 500. The van der Waals surface area contributed by atoms with Gasteiger partial charge in [-0.1, -0.05) is 19.1 Å². The third-order valence-electron chi connectivity index (χ3n) is 2.34. The Morgan fingerprint density at radius 3 is 2.82 bits per heavy atom. The normalized spacial score (nSPS) is 10.2. The first-order valence-corrected chi connectivity index (χ1v) is 5.62. The molecule has 2 aromatic rings. The molecule has 0 aliphatic carbocycles. The zero-order valence-electron chi connectivity index (χ0n) is 9.65. The number of benzene rings is 1. The summed E-state index contributed by atoms with van der Waals surface area (Å²) in [5, 5.41) is 3.18. The minimum absolute atomic E-state index is 0.269. The molecule has 0 aliphatic heterocycles. The first kappa shape index (κ1) is 11.5. The lowest BCUT2D eigenvalue weighted by molar-refractivity contribution is 0.628. The van der Waals surface area contributed by atoms with Gasteiger partial charge < -0.3 is 5.32 Å². The standard InChI is InChI=1S/C13H14FN3/c1-2-6-16-13-12(15-7-8-17-13)10-4-3-5-11(14)9-10/h3-5,7-9H,2,6H2,1H3,(H,16,17). The van der Waals surface area contributed by atoms with Gasteiger partial charge in [0.25, 0.3) is 0 Å². The van der Waals surface area contributed by atoms with E-state index in [0.29, 0.717) is 11.5 Å².